The molecule has 0 spiro atoms. The van der Waals surface area contributed by atoms with Crippen molar-refractivity contribution < 1.29 is 27.2 Å². The lowest BCUT2D eigenvalue weighted by molar-refractivity contribution is -1.03. The second-order valence-electron chi connectivity index (χ2n) is 8.47. The van der Waals surface area contributed by atoms with Crippen LogP contribution in [-0.4, -0.2) is 41.7 Å². The molecule has 1 unspecified atom stereocenters. The number of aromatic nitrogens is 1. The van der Waals surface area contributed by atoms with Crippen LogP contribution in [-0.2, 0) is 21.4 Å². The number of benzene rings is 2. The highest BCUT2D eigenvalue weighted by Crippen LogP contribution is 2.35. The number of nitrogens with zero attached hydrogens (tertiary/aromatic N) is 1. The zero-order chi connectivity index (χ0) is 23.8. The SMILES string of the molecule is COc1cc(C)c(S(=O)(=O)[N+](O)(Cc2ccc3[nH]ccc3c2)[C@@H](C(N)=O)C(C)C)cc1C. The van der Waals surface area contributed by atoms with Crippen molar-refractivity contribution in [2.24, 2.45) is 11.7 Å². The molecule has 0 fully saturated rings. The van der Waals surface area contributed by atoms with Gasteiger partial charge in [0.05, 0.1) is 7.11 Å². The second-order valence-corrected chi connectivity index (χ2v) is 10.5. The number of amides is 1. The average Bonchev–Trinajstić information content (AvgIpc) is 3.16. The Hall–Kier alpha value is -2.88. The van der Waals surface area contributed by atoms with Gasteiger partial charge in [0, 0.05) is 23.2 Å². The summed E-state index contributed by atoms with van der Waals surface area (Å²) in [6.07, 6.45) is 1.77. The molecule has 0 saturated heterocycles. The first-order valence-corrected chi connectivity index (χ1v) is 11.7. The van der Waals surface area contributed by atoms with Gasteiger partial charge in [-0.2, -0.15) is 13.6 Å². The Morgan fingerprint density at radius 1 is 1.16 bits per heavy atom. The molecular weight excluding hydrogens is 430 g/mol. The average molecular weight is 461 g/mol. The van der Waals surface area contributed by atoms with Crippen molar-refractivity contribution >= 4 is 26.8 Å². The first-order valence-electron chi connectivity index (χ1n) is 10.3. The van der Waals surface area contributed by atoms with Gasteiger partial charge in [0.25, 0.3) is 5.91 Å². The molecule has 1 amide bonds. The fourth-order valence-corrected chi connectivity index (χ4v) is 6.32. The van der Waals surface area contributed by atoms with Gasteiger partial charge in [0.1, 0.15) is 10.6 Å². The zero-order valence-corrected chi connectivity index (χ0v) is 19.7. The fourth-order valence-electron chi connectivity index (χ4n) is 4.22. The van der Waals surface area contributed by atoms with Gasteiger partial charge in [0.2, 0.25) is 6.04 Å². The summed E-state index contributed by atoms with van der Waals surface area (Å²) in [4.78, 5) is 15.4. The maximum absolute atomic E-state index is 14.0. The van der Waals surface area contributed by atoms with E-state index in [4.69, 9.17) is 10.5 Å². The van der Waals surface area contributed by atoms with Gasteiger partial charge in [0.15, 0.2) is 6.54 Å². The predicted molar refractivity (Wildman–Crippen MR) is 122 cm³/mol. The standard InChI is InChI=1S/C23H29N3O5S/c1-14(2)22(23(24)27)26(28,13-17-6-7-19-18(12-17)8-9-25-19)32(29,30)21-11-15(3)20(31-5)10-16(21)4/h6-12,14,22,25,28H,13H2,1-5H3,(H-,24,27)/p+1/t22-,26?/m1/s1. The molecule has 4 N–H and O–H groups in total. The Morgan fingerprint density at radius 3 is 2.44 bits per heavy atom. The minimum absolute atomic E-state index is 0.0760. The van der Waals surface area contributed by atoms with E-state index in [1.54, 1.807) is 58.2 Å². The number of aryl methyl sites for hydroxylation is 2. The molecule has 3 aromatic rings. The Morgan fingerprint density at radius 2 is 1.84 bits per heavy atom. The van der Waals surface area contributed by atoms with E-state index in [0.717, 1.165) is 10.9 Å². The summed E-state index contributed by atoms with van der Waals surface area (Å²) in [6.45, 7) is 6.32. The van der Waals surface area contributed by atoms with Gasteiger partial charge in [-0.05, 0) is 60.7 Å². The quantitative estimate of drug-likeness (QED) is 0.351. The van der Waals surface area contributed by atoms with Gasteiger partial charge in [-0.15, -0.1) is 0 Å². The summed E-state index contributed by atoms with van der Waals surface area (Å²) in [5, 5.41) is 12.7. The smallest absolute Gasteiger partial charge is 0.358 e. The minimum atomic E-state index is -4.48. The van der Waals surface area contributed by atoms with Crippen LogP contribution in [0.1, 0.15) is 30.5 Å². The Balaban J connectivity index is 2.23. The summed E-state index contributed by atoms with van der Waals surface area (Å²) in [6, 6.07) is 8.84. The van der Waals surface area contributed by atoms with Gasteiger partial charge in [-0.3, -0.25) is 4.79 Å². The van der Waals surface area contributed by atoms with Gasteiger partial charge >= 0.3 is 10.0 Å². The third-order valence-electron chi connectivity index (χ3n) is 5.77. The van der Waals surface area contributed by atoms with E-state index in [1.807, 2.05) is 6.07 Å². The first kappa shape index (κ1) is 23.8. The lowest BCUT2D eigenvalue weighted by atomic mass is 10.0. The number of fused-ring (bicyclic) bond motifs is 1. The molecule has 0 radical (unpaired) electrons. The van der Waals surface area contributed by atoms with Gasteiger partial charge < -0.3 is 15.5 Å². The summed E-state index contributed by atoms with van der Waals surface area (Å²) < 4.78 is 31.7. The number of carbonyl (C=O) groups is 1. The lowest BCUT2D eigenvalue weighted by Gasteiger charge is -2.36. The number of hydroxylamine groups is 2. The number of nitrogens with two attached hydrogens (primary N) is 1. The van der Waals surface area contributed by atoms with Crippen LogP contribution in [0.2, 0.25) is 0 Å². The van der Waals surface area contributed by atoms with Crippen molar-refractivity contribution in [1.29, 1.82) is 0 Å². The van der Waals surface area contributed by atoms with Crippen LogP contribution < -0.4 is 10.5 Å². The summed E-state index contributed by atoms with van der Waals surface area (Å²) in [7, 11) is -2.98. The zero-order valence-electron chi connectivity index (χ0n) is 18.9. The van der Waals surface area contributed by atoms with Crippen LogP contribution >= 0.6 is 0 Å². The van der Waals surface area contributed by atoms with E-state index >= 15 is 0 Å². The molecule has 3 rings (SSSR count). The Bertz CT molecular complexity index is 1270. The number of primary amides is 1. The number of carbonyl (C=O) groups excluding carboxylic acids is 1. The highest BCUT2D eigenvalue weighted by molar-refractivity contribution is 7.86. The molecule has 172 valence electrons. The van der Waals surface area contributed by atoms with E-state index in [1.165, 1.54) is 13.2 Å². The van der Waals surface area contributed by atoms with Crippen LogP contribution in [0, 0.1) is 19.8 Å². The van der Waals surface area contributed by atoms with Crippen molar-refractivity contribution in [3.63, 3.8) is 0 Å². The van der Waals surface area contributed by atoms with Crippen molar-refractivity contribution in [1.82, 2.24) is 4.98 Å². The Labute approximate surface area is 188 Å². The van der Waals surface area contributed by atoms with E-state index in [9.17, 15) is 18.4 Å². The number of nitrogens with one attached hydrogen (secondary N) is 1. The molecule has 0 saturated carbocycles. The molecule has 2 atom stereocenters. The molecule has 1 heterocycles. The van der Waals surface area contributed by atoms with E-state index in [0.29, 0.717) is 22.4 Å². The van der Waals surface area contributed by atoms with E-state index < -0.39 is 31.9 Å². The Kier molecular flexibility index (Phi) is 6.37. The normalized spacial score (nSPS) is 15.0. The van der Waals surface area contributed by atoms with Crippen molar-refractivity contribution in [3.8, 4) is 5.75 Å². The van der Waals surface area contributed by atoms with Crippen molar-refractivity contribution in [2.45, 2.75) is 45.2 Å². The van der Waals surface area contributed by atoms with Crippen molar-refractivity contribution in [2.75, 3.05) is 7.11 Å². The number of ether oxygens (including phenoxy) is 1. The van der Waals surface area contributed by atoms with Crippen LogP contribution in [0.5, 0.6) is 5.75 Å². The molecule has 0 bridgehead atoms. The topological polar surface area (TPSA) is 122 Å². The number of rotatable bonds is 8. The molecule has 0 aliphatic rings. The molecule has 32 heavy (non-hydrogen) atoms. The minimum Gasteiger partial charge on any atom is -0.496 e. The van der Waals surface area contributed by atoms with Crippen molar-refractivity contribution in [3.05, 3.63) is 59.3 Å². The largest absolute Gasteiger partial charge is 0.496 e. The summed E-state index contributed by atoms with van der Waals surface area (Å²) >= 11 is 0. The third-order valence-corrected chi connectivity index (χ3v) is 7.96. The molecule has 8 nitrogen and oxygen atoms in total. The molecule has 2 aromatic carbocycles. The molecule has 9 heteroatoms. The predicted octanol–water partition coefficient (Wildman–Crippen LogP) is 3.40. The highest BCUT2D eigenvalue weighted by Gasteiger charge is 2.54. The number of aromatic amines is 1. The van der Waals surface area contributed by atoms with E-state index in [2.05, 4.69) is 4.98 Å². The number of methoxy groups -OCH3 is 1. The van der Waals surface area contributed by atoms with Gasteiger partial charge in [-0.25, -0.2) is 0 Å². The maximum Gasteiger partial charge on any atom is 0.358 e. The summed E-state index contributed by atoms with van der Waals surface area (Å²) in [5.41, 5.74) is 8.06. The monoisotopic (exact) mass is 460 g/mol. The molecular formula is C23H30N3O5S+. The lowest BCUT2D eigenvalue weighted by Crippen LogP contribution is -2.62. The summed E-state index contributed by atoms with van der Waals surface area (Å²) in [5.74, 6) is -0.898. The maximum atomic E-state index is 14.0. The third kappa shape index (κ3) is 3.99. The van der Waals surface area contributed by atoms with Crippen LogP contribution in [0.3, 0.4) is 0 Å². The number of quaternary nitrogens is 1. The van der Waals surface area contributed by atoms with Crippen LogP contribution in [0.25, 0.3) is 10.9 Å². The van der Waals surface area contributed by atoms with Gasteiger partial charge in [-0.1, -0.05) is 24.0 Å². The molecule has 0 aliphatic carbocycles. The van der Waals surface area contributed by atoms with Crippen LogP contribution in [0.15, 0.2) is 47.5 Å². The first-order chi connectivity index (χ1) is 14.9. The number of hydrogen-bond acceptors (Lipinski definition) is 5. The molecule has 0 aliphatic heterocycles. The van der Waals surface area contributed by atoms with E-state index in [-0.39, 0.29) is 11.4 Å². The second kappa shape index (κ2) is 8.57. The number of H-pyrrole nitrogens is 1. The fraction of sp³-hybridized carbons (Fsp3) is 0.348. The number of sulfonamides is 1. The number of hydrogen-bond donors (Lipinski definition) is 3. The van der Waals surface area contributed by atoms with Crippen LogP contribution in [0.4, 0.5) is 0 Å². The molecule has 1 aromatic heterocycles. The highest BCUT2D eigenvalue weighted by atomic mass is 32.2.